The molecule has 0 spiro atoms. The second-order valence-corrected chi connectivity index (χ2v) is 8.53. The molecule has 1 aliphatic rings. The smallest absolute Gasteiger partial charge is 0.259 e. The lowest BCUT2D eigenvalue weighted by Crippen LogP contribution is -2.45. The van der Waals surface area contributed by atoms with E-state index in [2.05, 4.69) is 35.1 Å². The first-order valence-electron chi connectivity index (χ1n) is 8.96. The van der Waals surface area contributed by atoms with Crippen LogP contribution in [-0.2, 0) is 10.3 Å². The summed E-state index contributed by atoms with van der Waals surface area (Å²) in [5.41, 5.74) is 0.809. The number of carbonyl (C=O) groups excluding carboxylic acids is 1. The minimum absolute atomic E-state index is 0.119. The van der Waals surface area contributed by atoms with Gasteiger partial charge in [0.1, 0.15) is 5.54 Å². The predicted molar refractivity (Wildman–Crippen MR) is 114 cm³/mol. The molecule has 1 aliphatic heterocycles. The van der Waals surface area contributed by atoms with E-state index in [0.717, 1.165) is 15.6 Å². The molecular weight excluding hydrogens is 424 g/mol. The molecule has 0 saturated carbocycles. The number of aliphatic hydroxyl groups excluding tert-OH is 1. The molecule has 1 saturated heterocycles. The Morgan fingerprint density at radius 3 is 2.48 bits per heavy atom. The highest BCUT2D eigenvalue weighted by Gasteiger charge is 2.52. The van der Waals surface area contributed by atoms with Crippen molar-refractivity contribution in [3.8, 4) is 0 Å². The van der Waals surface area contributed by atoms with E-state index in [9.17, 15) is 9.90 Å². The molecule has 2 N–H and O–H groups in total. The highest BCUT2D eigenvalue weighted by atomic mass is 79.9. The summed E-state index contributed by atoms with van der Waals surface area (Å²) in [5, 5.41) is 13.7. The quantitative estimate of drug-likeness (QED) is 0.654. The fraction of sp³-hybridized carbons (Fsp3) is 0.333. The summed E-state index contributed by atoms with van der Waals surface area (Å²) in [6.07, 6.45) is 0.614. The van der Waals surface area contributed by atoms with Crippen molar-refractivity contribution >= 4 is 39.2 Å². The number of hydrogen-bond donors (Lipinski definition) is 2. The maximum atomic E-state index is 13.7. The Bertz CT molecular complexity index is 843. The molecule has 1 heterocycles. The van der Waals surface area contributed by atoms with E-state index in [1.54, 1.807) is 0 Å². The molecule has 2 aromatic rings. The normalized spacial score (nSPS) is 20.9. The average molecular weight is 447 g/mol. The van der Waals surface area contributed by atoms with Gasteiger partial charge in [0, 0.05) is 4.47 Å². The van der Waals surface area contributed by atoms with Gasteiger partial charge in [0.25, 0.3) is 5.91 Å². The number of rotatable bonds is 6. The third kappa shape index (κ3) is 3.79. The molecular formula is C21H23BrN2O2S. The summed E-state index contributed by atoms with van der Waals surface area (Å²) in [5.74, 6) is 0.161. The van der Waals surface area contributed by atoms with Crippen molar-refractivity contribution in [2.75, 3.05) is 6.61 Å². The number of amides is 1. The molecule has 0 bridgehead atoms. The van der Waals surface area contributed by atoms with E-state index in [1.165, 1.54) is 4.90 Å². The Kier molecular flexibility index (Phi) is 5.99. The van der Waals surface area contributed by atoms with Crippen LogP contribution in [0.15, 0.2) is 59.1 Å². The van der Waals surface area contributed by atoms with E-state index < -0.39 is 11.6 Å². The number of halogens is 1. The monoisotopic (exact) mass is 446 g/mol. The van der Waals surface area contributed by atoms with Gasteiger partial charge in [-0.05, 0) is 47.8 Å². The summed E-state index contributed by atoms with van der Waals surface area (Å²) in [6, 6.07) is 16.7. The minimum Gasteiger partial charge on any atom is -0.394 e. The van der Waals surface area contributed by atoms with Crippen LogP contribution in [0.4, 0.5) is 0 Å². The van der Waals surface area contributed by atoms with Gasteiger partial charge in [-0.3, -0.25) is 9.69 Å². The standard InChI is InChI=1S/C21H23BrN2O2S/c1-14(2)12-21(16-8-4-3-5-9-16)19(26)24(20(27)23-21)18(13-25)15-7-6-10-17(22)11-15/h3-11,14,18,25H,12-13H2,1-2H3,(H,23,27)/t18-,21?/m1/s1. The van der Waals surface area contributed by atoms with Crippen molar-refractivity contribution in [3.63, 3.8) is 0 Å². The first-order chi connectivity index (χ1) is 12.9. The van der Waals surface area contributed by atoms with Crippen LogP contribution >= 0.6 is 28.1 Å². The van der Waals surface area contributed by atoms with Crippen molar-refractivity contribution in [2.24, 2.45) is 5.92 Å². The summed E-state index contributed by atoms with van der Waals surface area (Å²) < 4.78 is 0.889. The van der Waals surface area contributed by atoms with Crippen LogP contribution in [0.2, 0.25) is 0 Å². The average Bonchev–Trinajstić information content (AvgIpc) is 2.88. The van der Waals surface area contributed by atoms with E-state index in [4.69, 9.17) is 12.2 Å². The van der Waals surface area contributed by atoms with E-state index in [0.29, 0.717) is 11.5 Å². The third-order valence-corrected chi connectivity index (χ3v) is 5.61. The van der Waals surface area contributed by atoms with Gasteiger partial charge in [-0.2, -0.15) is 0 Å². The number of nitrogens with one attached hydrogen (secondary N) is 1. The van der Waals surface area contributed by atoms with Crippen LogP contribution < -0.4 is 5.32 Å². The van der Waals surface area contributed by atoms with E-state index >= 15 is 0 Å². The second kappa shape index (κ2) is 8.09. The van der Waals surface area contributed by atoms with E-state index in [1.807, 2.05) is 54.6 Å². The van der Waals surface area contributed by atoms with Gasteiger partial charge in [-0.1, -0.05) is 72.2 Å². The molecule has 0 aliphatic carbocycles. The second-order valence-electron chi connectivity index (χ2n) is 7.23. The molecule has 2 atom stereocenters. The van der Waals surface area contributed by atoms with Crippen molar-refractivity contribution in [3.05, 3.63) is 70.2 Å². The zero-order valence-electron chi connectivity index (χ0n) is 15.4. The molecule has 3 rings (SSSR count). The van der Waals surface area contributed by atoms with Crippen molar-refractivity contribution < 1.29 is 9.90 Å². The van der Waals surface area contributed by atoms with Crippen LogP contribution in [-0.4, -0.2) is 27.6 Å². The van der Waals surface area contributed by atoms with Crippen LogP contribution in [0.3, 0.4) is 0 Å². The molecule has 1 unspecified atom stereocenters. The summed E-state index contributed by atoms with van der Waals surface area (Å²) in [4.78, 5) is 15.2. The summed E-state index contributed by atoms with van der Waals surface area (Å²) >= 11 is 9.02. The van der Waals surface area contributed by atoms with Crippen LogP contribution in [0.5, 0.6) is 0 Å². The van der Waals surface area contributed by atoms with Crippen molar-refractivity contribution in [2.45, 2.75) is 31.8 Å². The number of aliphatic hydroxyl groups is 1. The third-order valence-electron chi connectivity index (χ3n) is 4.82. The fourth-order valence-electron chi connectivity index (χ4n) is 3.71. The zero-order valence-corrected chi connectivity index (χ0v) is 17.8. The Morgan fingerprint density at radius 2 is 1.89 bits per heavy atom. The molecule has 0 aromatic heterocycles. The maximum Gasteiger partial charge on any atom is 0.259 e. The Hall–Kier alpha value is -1.76. The SMILES string of the molecule is CC(C)CC1(c2ccccc2)NC(=S)N([C@H](CO)c2cccc(Br)c2)C1=O. The molecule has 2 aromatic carbocycles. The van der Waals surface area contributed by atoms with Gasteiger partial charge < -0.3 is 10.4 Å². The number of thiocarbonyl (C=S) groups is 1. The van der Waals surface area contributed by atoms with Gasteiger partial charge in [0.05, 0.1) is 12.6 Å². The summed E-state index contributed by atoms with van der Waals surface area (Å²) in [7, 11) is 0. The van der Waals surface area contributed by atoms with Gasteiger partial charge in [0.2, 0.25) is 0 Å². The van der Waals surface area contributed by atoms with Gasteiger partial charge in [0.15, 0.2) is 5.11 Å². The number of nitrogens with zero attached hydrogens (tertiary/aromatic N) is 1. The molecule has 27 heavy (non-hydrogen) atoms. The van der Waals surface area contributed by atoms with Gasteiger partial charge in [-0.15, -0.1) is 0 Å². The lowest BCUT2D eigenvalue weighted by atomic mass is 9.82. The largest absolute Gasteiger partial charge is 0.394 e. The Labute approximate surface area is 173 Å². The predicted octanol–water partition coefficient (Wildman–Crippen LogP) is 4.14. The van der Waals surface area contributed by atoms with Gasteiger partial charge >= 0.3 is 0 Å². The Balaban J connectivity index is 2.06. The summed E-state index contributed by atoms with van der Waals surface area (Å²) in [6.45, 7) is 3.96. The Morgan fingerprint density at radius 1 is 1.19 bits per heavy atom. The van der Waals surface area contributed by atoms with Crippen molar-refractivity contribution in [1.82, 2.24) is 10.2 Å². The fourth-order valence-corrected chi connectivity index (χ4v) is 4.52. The highest BCUT2D eigenvalue weighted by Crippen LogP contribution is 2.39. The molecule has 142 valence electrons. The zero-order chi connectivity index (χ0) is 19.6. The van der Waals surface area contributed by atoms with Gasteiger partial charge in [-0.25, -0.2) is 0 Å². The topological polar surface area (TPSA) is 52.6 Å². The van der Waals surface area contributed by atoms with E-state index in [-0.39, 0.29) is 18.4 Å². The lowest BCUT2D eigenvalue weighted by Gasteiger charge is -2.31. The lowest BCUT2D eigenvalue weighted by molar-refractivity contribution is -0.134. The molecule has 4 nitrogen and oxygen atoms in total. The van der Waals surface area contributed by atoms with Crippen LogP contribution in [0, 0.1) is 5.92 Å². The van der Waals surface area contributed by atoms with Crippen molar-refractivity contribution in [1.29, 1.82) is 0 Å². The molecule has 1 fully saturated rings. The number of carbonyl (C=O) groups is 1. The molecule has 6 heteroatoms. The molecule has 0 radical (unpaired) electrons. The van der Waals surface area contributed by atoms with Crippen LogP contribution in [0.25, 0.3) is 0 Å². The molecule has 1 amide bonds. The first kappa shape index (κ1) is 20.0. The number of benzene rings is 2. The first-order valence-corrected chi connectivity index (χ1v) is 10.2. The highest BCUT2D eigenvalue weighted by molar-refractivity contribution is 9.10. The minimum atomic E-state index is -0.911. The number of hydrogen-bond acceptors (Lipinski definition) is 3. The van der Waals surface area contributed by atoms with Crippen LogP contribution in [0.1, 0.15) is 37.4 Å². The maximum absolute atomic E-state index is 13.7.